The molecule has 0 bridgehead atoms. The highest BCUT2D eigenvalue weighted by Gasteiger charge is 2.15. The number of carbonyl (C=O) groups is 1. The summed E-state index contributed by atoms with van der Waals surface area (Å²) < 4.78 is 0. The normalized spacial score (nSPS) is 11.1. The summed E-state index contributed by atoms with van der Waals surface area (Å²) in [5.74, 6) is 0.415. The zero-order chi connectivity index (χ0) is 13.6. The van der Waals surface area contributed by atoms with Gasteiger partial charge in [-0.05, 0) is 27.2 Å². The Labute approximate surface area is 108 Å². The van der Waals surface area contributed by atoms with Gasteiger partial charge in [0.25, 0.3) is 5.91 Å². The van der Waals surface area contributed by atoms with E-state index in [4.69, 9.17) is 0 Å². The molecular formula is C13H22N4O. The zero-order valence-electron chi connectivity index (χ0n) is 11.6. The third kappa shape index (κ3) is 5.12. The smallest absolute Gasteiger partial charge is 0.254 e. The van der Waals surface area contributed by atoms with Crippen molar-refractivity contribution in [3.63, 3.8) is 0 Å². The lowest BCUT2D eigenvalue weighted by Crippen LogP contribution is -2.40. The van der Waals surface area contributed by atoms with E-state index < -0.39 is 0 Å². The van der Waals surface area contributed by atoms with Gasteiger partial charge in [-0.15, -0.1) is 0 Å². The highest BCUT2D eigenvalue weighted by molar-refractivity contribution is 5.94. The first-order chi connectivity index (χ1) is 8.42. The van der Waals surface area contributed by atoms with E-state index in [2.05, 4.69) is 27.5 Å². The van der Waals surface area contributed by atoms with E-state index in [-0.39, 0.29) is 11.4 Å². The van der Waals surface area contributed by atoms with Crippen LogP contribution in [0.3, 0.4) is 0 Å². The molecule has 0 atom stereocenters. The maximum absolute atomic E-state index is 11.8. The van der Waals surface area contributed by atoms with Crippen LogP contribution in [0.2, 0.25) is 0 Å². The Hall–Kier alpha value is -1.65. The summed E-state index contributed by atoms with van der Waals surface area (Å²) in [4.78, 5) is 20.1. The molecule has 0 aliphatic rings. The topological polar surface area (TPSA) is 66.9 Å². The van der Waals surface area contributed by atoms with Crippen molar-refractivity contribution in [1.82, 2.24) is 15.3 Å². The Bertz CT molecular complexity index is 381. The lowest BCUT2D eigenvalue weighted by molar-refractivity contribution is 0.0919. The minimum atomic E-state index is -0.255. The molecule has 1 amide bonds. The Balaban J connectivity index is 2.57. The van der Waals surface area contributed by atoms with Crippen LogP contribution in [0.1, 0.15) is 50.9 Å². The molecule has 0 radical (unpaired) electrons. The second-order valence-electron chi connectivity index (χ2n) is 5.28. The molecule has 1 rings (SSSR count). The number of hydrogen-bond donors (Lipinski definition) is 2. The van der Waals surface area contributed by atoms with Gasteiger partial charge >= 0.3 is 0 Å². The van der Waals surface area contributed by atoms with Crippen LogP contribution in [0.25, 0.3) is 0 Å². The summed E-state index contributed by atoms with van der Waals surface area (Å²) in [6.45, 7) is 8.79. The van der Waals surface area contributed by atoms with E-state index in [1.54, 1.807) is 12.4 Å². The molecule has 5 nitrogen and oxygen atoms in total. The van der Waals surface area contributed by atoms with E-state index in [1.807, 2.05) is 20.8 Å². The van der Waals surface area contributed by atoms with Crippen molar-refractivity contribution < 1.29 is 4.79 Å². The zero-order valence-corrected chi connectivity index (χ0v) is 11.6. The maximum Gasteiger partial charge on any atom is 0.254 e. The summed E-state index contributed by atoms with van der Waals surface area (Å²) in [7, 11) is 0. The van der Waals surface area contributed by atoms with Crippen LogP contribution in [0.4, 0.5) is 5.95 Å². The molecule has 5 heteroatoms. The molecule has 2 N–H and O–H groups in total. The first-order valence-electron chi connectivity index (χ1n) is 6.31. The first kappa shape index (κ1) is 14.4. The van der Waals surface area contributed by atoms with E-state index >= 15 is 0 Å². The Morgan fingerprint density at radius 2 is 1.89 bits per heavy atom. The number of hydrogen-bond acceptors (Lipinski definition) is 4. The minimum absolute atomic E-state index is 0.150. The fourth-order valence-electron chi connectivity index (χ4n) is 1.33. The molecule has 1 aromatic heterocycles. The van der Waals surface area contributed by atoms with Crippen molar-refractivity contribution >= 4 is 11.9 Å². The van der Waals surface area contributed by atoms with Gasteiger partial charge < -0.3 is 10.6 Å². The number of nitrogens with zero attached hydrogens (tertiary/aromatic N) is 2. The fraction of sp³-hybridized carbons (Fsp3) is 0.615. The van der Waals surface area contributed by atoms with E-state index in [0.717, 1.165) is 19.4 Å². The van der Waals surface area contributed by atoms with Crippen LogP contribution >= 0.6 is 0 Å². The number of rotatable bonds is 5. The standard InChI is InChI=1S/C13H22N4O/c1-5-6-7-14-12-15-8-10(9-16-12)11(18)17-13(2,3)4/h8-9H,5-7H2,1-4H3,(H,17,18)(H,14,15,16). The summed E-state index contributed by atoms with van der Waals surface area (Å²) in [6.07, 6.45) is 5.29. The molecule has 0 aliphatic carbocycles. The van der Waals surface area contributed by atoms with Crippen LogP contribution in [0.15, 0.2) is 12.4 Å². The van der Waals surface area contributed by atoms with Crippen LogP contribution in [0, 0.1) is 0 Å². The highest BCUT2D eigenvalue weighted by Crippen LogP contribution is 2.04. The molecule has 18 heavy (non-hydrogen) atoms. The fourth-order valence-corrected chi connectivity index (χ4v) is 1.33. The molecule has 0 aromatic carbocycles. The van der Waals surface area contributed by atoms with Gasteiger partial charge in [0.15, 0.2) is 0 Å². The summed E-state index contributed by atoms with van der Waals surface area (Å²) in [6, 6.07) is 0. The van der Waals surface area contributed by atoms with Gasteiger partial charge in [0, 0.05) is 24.5 Å². The second kappa shape index (κ2) is 6.33. The quantitative estimate of drug-likeness (QED) is 0.786. The van der Waals surface area contributed by atoms with Gasteiger partial charge in [-0.1, -0.05) is 13.3 Å². The number of aromatic nitrogens is 2. The molecule has 100 valence electrons. The molecule has 0 saturated heterocycles. The maximum atomic E-state index is 11.8. The van der Waals surface area contributed by atoms with Crippen molar-refractivity contribution in [3.8, 4) is 0 Å². The predicted molar refractivity (Wildman–Crippen MR) is 72.6 cm³/mol. The summed E-state index contributed by atoms with van der Waals surface area (Å²) >= 11 is 0. The molecule has 1 heterocycles. The van der Waals surface area contributed by atoms with E-state index in [0.29, 0.717) is 11.5 Å². The predicted octanol–water partition coefficient (Wildman–Crippen LogP) is 2.22. The Morgan fingerprint density at radius 3 is 2.39 bits per heavy atom. The minimum Gasteiger partial charge on any atom is -0.354 e. The Morgan fingerprint density at radius 1 is 1.28 bits per heavy atom. The third-order valence-corrected chi connectivity index (χ3v) is 2.22. The number of anilines is 1. The van der Waals surface area contributed by atoms with E-state index in [9.17, 15) is 4.79 Å². The monoisotopic (exact) mass is 250 g/mol. The summed E-state index contributed by atoms with van der Waals surface area (Å²) in [5, 5.41) is 5.97. The van der Waals surface area contributed by atoms with Crippen molar-refractivity contribution in [2.75, 3.05) is 11.9 Å². The molecule has 0 fully saturated rings. The number of carbonyl (C=O) groups excluding carboxylic acids is 1. The molecule has 1 aromatic rings. The van der Waals surface area contributed by atoms with Gasteiger partial charge in [-0.2, -0.15) is 0 Å². The van der Waals surface area contributed by atoms with Crippen LogP contribution in [-0.4, -0.2) is 28.0 Å². The second-order valence-corrected chi connectivity index (χ2v) is 5.28. The van der Waals surface area contributed by atoms with Crippen LogP contribution < -0.4 is 10.6 Å². The number of amides is 1. The van der Waals surface area contributed by atoms with Crippen molar-refractivity contribution in [1.29, 1.82) is 0 Å². The summed E-state index contributed by atoms with van der Waals surface area (Å²) in [5.41, 5.74) is 0.223. The van der Waals surface area contributed by atoms with Gasteiger partial charge in [0.1, 0.15) is 0 Å². The van der Waals surface area contributed by atoms with Crippen LogP contribution in [0.5, 0.6) is 0 Å². The van der Waals surface area contributed by atoms with Crippen LogP contribution in [-0.2, 0) is 0 Å². The van der Waals surface area contributed by atoms with Gasteiger partial charge in [-0.3, -0.25) is 4.79 Å². The lowest BCUT2D eigenvalue weighted by atomic mass is 10.1. The average Bonchev–Trinajstić information content (AvgIpc) is 2.28. The van der Waals surface area contributed by atoms with Crippen molar-refractivity contribution in [2.45, 2.75) is 46.1 Å². The van der Waals surface area contributed by atoms with Gasteiger partial charge in [-0.25, -0.2) is 9.97 Å². The molecule has 0 unspecified atom stereocenters. The van der Waals surface area contributed by atoms with Gasteiger partial charge in [0.2, 0.25) is 5.95 Å². The van der Waals surface area contributed by atoms with Crippen molar-refractivity contribution in [2.24, 2.45) is 0 Å². The average molecular weight is 250 g/mol. The Kier molecular flexibility index (Phi) is 5.07. The molecular weight excluding hydrogens is 228 g/mol. The third-order valence-electron chi connectivity index (χ3n) is 2.22. The SMILES string of the molecule is CCCCNc1ncc(C(=O)NC(C)(C)C)cn1. The highest BCUT2D eigenvalue weighted by atomic mass is 16.1. The van der Waals surface area contributed by atoms with E-state index in [1.165, 1.54) is 0 Å². The van der Waals surface area contributed by atoms with Gasteiger partial charge in [0.05, 0.1) is 5.56 Å². The molecule has 0 aliphatic heterocycles. The van der Waals surface area contributed by atoms with Crippen molar-refractivity contribution in [3.05, 3.63) is 18.0 Å². The lowest BCUT2D eigenvalue weighted by Gasteiger charge is -2.20. The molecule has 0 spiro atoms. The molecule has 0 saturated carbocycles. The first-order valence-corrected chi connectivity index (χ1v) is 6.31. The number of nitrogens with one attached hydrogen (secondary N) is 2. The largest absolute Gasteiger partial charge is 0.354 e. The number of unbranched alkanes of at least 4 members (excludes halogenated alkanes) is 1.